The fourth-order valence-electron chi connectivity index (χ4n) is 3.32. The average Bonchev–Trinajstić information content (AvgIpc) is 2.69. The summed E-state index contributed by atoms with van der Waals surface area (Å²) in [6.45, 7) is 0. The highest BCUT2D eigenvalue weighted by molar-refractivity contribution is 5.83. The van der Waals surface area contributed by atoms with Gasteiger partial charge in [0, 0.05) is 31.0 Å². The molecule has 0 N–H and O–H groups in total. The van der Waals surface area contributed by atoms with Gasteiger partial charge in [0.25, 0.3) is 0 Å². The van der Waals surface area contributed by atoms with Crippen molar-refractivity contribution >= 4 is 11.5 Å². The van der Waals surface area contributed by atoms with Crippen LogP contribution in [0.1, 0.15) is 31.2 Å². The van der Waals surface area contributed by atoms with Gasteiger partial charge in [0.15, 0.2) is 0 Å². The number of fused-ring (bicyclic) bond motifs is 2. The molecule has 1 aromatic carbocycles. The van der Waals surface area contributed by atoms with E-state index in [1.807, 2.05) is 12.1 Å². The van der Waals surface area contributed by atoms with Crippen LogP contribution in [0.15, 0.2) is 18.2 Å². The van der Waals surface area contributed by atoms with Gasteiger partial charge in [0.2, 0.25) is 0 Å². The topological polar surface area (TPSA) is 53.3 Å². The van der Waals surface area contributed by atoms with E-state index in [-0.39, 0.29) is 0 Å². The molecule has 2 atom stereocenters. The number of benzene rings is 1. The van der Waals surface area contributed by atoms with E-state index in [1.165, 1.54) is 0 Å². The molecule has 2 unspecified atom stereocenters. The first kappa shape index (κ1) is 12.0. The number of carbonyl (C=O) groups is 1. The molecule has 2 heterocycles. The van der Waals surface area contributed by atoms with Crippen molar-refractivity contribution in [3.63, 3.8) is 0 Å². The molecule has 4 nitrogen and oxygen atoms in total. The summed E-state index contributed by atoms with van der Waals surface area (Å²) < 4.78 is 5.41. The molecule has 2 bridgehead atoms. The minimum atomic E-state index is 0.299. The van der Waals surface area contributed by atoms with E-state index in [0.717, 1.165) is 24.3 Å². The summed E-state index contributed by atoms with van der Waals surface area (Å²) in [5.74, 6) is 1.10. The van der Waals surface area contributed by atoms with E-state index >= 15 is 0 Å². The van der Waals surface area contributed by atoms with Gasteiger partial charge in [-0.15, -0.1) is 0 Å². The van der Waals surface area contributed by atoms with Crippen LogP contribution in [0, 0.1) is 11.3 Å². The second-order valence-electron chi connectivity index (χ2n) is 5.24. The second-order valence-corrected chi connectivity index (χ2v) is 5.24. The predicted molar refractivity (Wildman–Crippen MR) is 71.2 cm³/mol. The number of methoxy groups -OCH3 is 1. The normalized spacial score (nSPS) is 25.3. The Kier molecular flexibility index (Phi) is 2.90. The van der Waals surface area contributed by atoms with Crippen molar-refractivity contribution in [2.75, 3.05) is 12.0 Å². The number of carbonyl (C=O) groups excluding carboxylic acids is 1. The van der Waals surface area contributed by atoms with Crippen LogP contribution in [0.5, 0.6) is 5.75 Å². The van der Waals surface area contributed by atoms with Gasteiger partial charge < -0.3 is 9.64 Å². The van der Waals surface area contributed by atoms with Crippen molar-refractivity contribution in [3.8, 4) is 11.8 Å². The highest BCUT2D eigenvalue weighted by Gasteiger charge is 2.41. The van der Waals surface area contributed by atoms with E-state index in [4.69, 9.17) is 10.00 Å². The summed E-state index contributed by atoms with van der Waals surface area (Å²) in [6.07, 6.45) is 3.42. The molecule has 2 fully saturated rings. The lowest BCUT2D eigenvalue weighted by atomic mass is 10.00. The van der Waals surface area contributed by atoms with Gasteiger partial charge >= 0.3 is 0 Å². The fourth-order valence-corrected chi connectivity index (χ4v) is 3.32. The second kappa shape index (κ2) is 4.58. The fraction of sp³-hybridized carbons (Fsp3) is 0.467. The zero-order valence-corrected chi connectivity index (χ0v) is 10.9. The van der Waals surface area contributed by atoms with E-state index in [2.05, 4.69) is 11.0 Å². The van der Waals surface area contributed by atoms with Crippen LogP contribution in [-0.4, -0.2) is 25.0 Å². The summed E-state index contributed by atoms with van der Waals surface area (Å²) in [6, 6.07) is 8.25. The molecule has 2 aliphatic rings. The Labute approximate surface area is 112 Å². The number of ketones is 1. The van der Waals surface area contributed by atoms with Crippen molar-refractivity contribution in [3.05, 3.63) is 23.8 Å². The lowest BCUT2D eigenvalue weighted by molar-refractivity contribution is -0.120. The highest BCUT2D eigenvalue weighted by Crippen LogP contribution is 2.42. The molecule has 98 valence electrons. The molecule has 4 heteroatoms. The SMILES string of the molecule is COc1cc(C#N)ccc1N1C2CCC1CC(=O)C2. The van der Waals surface area contributed by atoms with Crippen LogP contribution in [0.2, 0.25) is 0 Å². The Balaban J connectivity index is 1.99. The summed E-state index contributed by atoms with van der Waals surface area (Å²) in [4.78, 5) is 14.0. The maximum absolute atomic E-state index is 11.7. The highest BCUT2D eigenvalue weighted by atomic mass is 16.5. The summed E-state index contributed by atoms with van der Waals surface area (Å²) in [5, 5.41) is 8.95. The number of rotatable bonds is 2. The maximum Gasteiger partial charge on any atom is 0.143 e. The van der Waals surface area contributed by atoms with Gasteiger partial charge in [-0.05, 0) is 25.0 Å². The molecule has 2 aliphatic heterocycles. The third kappa shape index (κ3) is 1.95. The zero-order valence-electron chi connectivity index (χ0n) is 10.9. The predicted octanol–water partition coefficient (Wildman–Crippen LogP) is 2.27. The number of hydrogen-bond acceptors (Lipinski definition) is 4. The van der Waals surface area contributed by atoms with Crippen molar-refractivity contribution in [1.82, 2.24) is 0 Å². The van der Waals surface area contributed by atoms with Crippen molar-refractivity contribution < 1.29 is 9.53 Å². The third-order valence-electron chi connectivity index (χ3n) is 4.13. The standard InChI is InChI=1S/C15H16N2O2/c1-19-15-6-10(9-16)2-5-14(15)17-11-3-4-12(17)8-13(18)7-11/h2,5-6,11-12H,3-4,7-8H2,1H3. The molecule has 0 amide bonds. The summed E-state index contributed by atoms with van der Waals surface area (Å²) in [7, 11) is 1.62. The van der Waals surface area contributed by atoms with E-state index in [9.17, 15) is 4.79 Å². The van der Waals surface area contributed by atoms with Crippen molar-refractivity contribution in [2.24, 2.45) is 0 Å². The molecule has 19 heavy (non-hydrogen) atoms. The van der Waals surface area contributed by atoms with Crippen LogP contribution < -0.4 is 9.64 Å². The van der Waals surface area contributed by atoms with E-state index in [1.54, 1.807) is 13.2 Å². The largest absolute Gasteiger partial charge is 0.495 e. The Bertz CT molecular complexity index is 546. The number of piperidine rings is 1. The van der Waals surface area contributed by atoms with E-state index < -0.39 is 0 Å². The van der Waals surface area contributed by atoms with Gasteiger partial charge in [-0.25, -0.2) is 0 Å². The van der Waals surface area contributed by atoms with Gasteiger partial charge in [-0.2, -0.15) is 5.26 Å². The number of hydrogen-bond donors (Lipinski definition) is 0. The minimum Gasteiger partial charge on any atom is -0.495 e. The summed E-state index contributed by atoms with van der Waals surface area (Å²) >= 11 is 0. The van der Waals surface area contributed by atoms with Crippen LogP contribution in [0.3, 0.4) is 0 Å². The van der Waals surface area contributed by atoms with Gasteiger partial charge in [0.1, 0.15) is 11.5 Å². The number of Topliss-reactive ketones (excluding diaryl/α,β-unsaturated/α-hetero) is 1. The van der Waals surface area contributed by atoms with Crippen molar-refractivity contribution in [1.29, 1.82) is 5.26 Å². The first-order valence-electron chi connectivity index (χ1n) is 6.61. The Morgan fingerprint density at radius 1 is 1.32 bits per heavy atom. The lowest BCUT2D eigenvalue weighted by Gasteiger charge is -2.36. The molecule has 0 saturated carbocycles. The van der Waals surface area contributed by atoms with Crippen molar-refractivity contribution in [2.45, 2.75) is 37.8 Å². The molecule has 0 radical (unpaired) electrons. The van der Waals surface area contributed by atoms with Crippen LogP contribution >= 0.6 is 0 Å². The molecule has 0 aromatic heterocycles. The molecule has 3 rings (SSSR count). The maximum atomic E-state index is 11.7. The molecule has 0 aliphatic carbocycles. The number of nitrogens with zero attached hydrogens (tertiary/aromatic N) is 2. The average molecular weight is 256 g/mol. The monoisotopic (exact) mass is 256 g/mol. The third-order valence-corrected chi connectivity index (χ3v) is 4.13. The first-order chi connectivity index (χ1) is 9.22. The van der Waals surface area contributed by atoms with Gasteiger partial charge in [0.05, 0.1) is 24.4 Å². The minimum absolute atomic E-state index is 0.299. The summed E-state index contributed by atoms with van der Waals surface area (Å²) in [5.41, 5.74) is 1.61. The van der Waals surface area contributed by atoms with Gasteiger partial charge in [-0.1, -0.05) is 0 Å². The number of nitriles is 1. The van der Waals surface area contributed by atoms with Crippen LogP contribution in [0.4, 0.5) is 5.69 Å². The quantitative estimate of drug-likeness (QED) is 0.814. The first-order valence-corrected chi connectivity index (χ1v) is 6.61. The molecule has 1 aromatic rings. The van der Waals surface area contributed by atoms with E-state index in [0.29, 0.717) is 36.3 Å². The van der Waals surface area contributed by atoms with Crippen LogP contribution in [-0.2, 0) is 4.79 Å². The molecule has 2 saturated heterocycles. The lowest BCUT2D eigenvalue weighted by Crippen LogP contribution is -2.43. The Morgan fingerprint density at radius 3 is 2.58 bits per heavy atom. The zero-order chi connectivity index (χ0) is 13.4. The number of ether oxygens (including phenoxy) is 1. The smallest absolute Gasteiger partial charge is 0.143 e. The molecular formula is C15H16N2O2. The number of anilines is 1. The Hall–Kier alpha value is -2.02. The molecule has 0 spiro atoms. The van der Waals surface area contributed by atoms with Crippen LogP contribution in [0.25, 0.3) is 0 Å². The van der Waals surface area contributed by atoms with Gasteiger partial charge in [-0.3, -0.25) is 4.79 Å². The Morgan fingerprint density at radius 2 is 2.00 bits per heavy atom. The molecular weight excluding hydrogens is 240 g/mol.